The number of fused-ring (bicyclic) bond motifs is 2. The molecular weight excluding hydrogens is 290 g/mol. The Morgan fingerprint density at radius 3 is 2.67 bits per heavy atom. The summed E-state index contributed by atoms with van der Waals surface area (Å²) in [5.41, 5.74) is 0.184. The second-order valence-corrected chi connectivity index (χ2v) is 6.44. The molecule has 0 amide bonds. The van der Waals surface area contributed by atoms with Crippen LogP contribution in [0.4, 0.5) is 5.82 Å². The van der Waals surface area contributed by atoms with E-state index in [4.69, 9.17) is 11.6 Å². The van der Waals surface area contributed by atoms with Gasteiger partial charge in [-0.3, -0.25) is 0 Å². The highest BCUT2D eigenvalue weighted by Gasteiger charge is 2.36. The Morgan fingerprint density at radius 1 is 1.38 bits per heavy atom. The smallest absolute Gasteiger partial charge is 0.339 e. The highest BCUT2D eigenvalue weighted by Crippen LogP contribution is 2.34. The van der Waals surface area contributed by atoms with E-state index in [0.717, 1.165) is 12.8 Å². The van der Waals surface area contributed by atoms with E-state index in [-0.39, 0.29) is 11.6 Å². The molecule has 6 heteroatoms. The van der Waals surface area contributed by atoms with Gasteiger partial charge in [-0.25, -0.2) is 9.78 Å². The number of hydrogen-bond acceptors (Lipinski definition) is 4. The maximum Gasteiger partial charge on any atom is 0.339 e. The Balaban J connectivity index is 1.78. The molecule has 114 valence electrons. The number of carbonyl (C=O) groups is 1. The van der Waals surface area contributed by atoms with E-state index < -0.39 is 5.97 Å². The van der Waals surface area contributed by atoms with Gasteiger partial charge in [-0.2, -0.15) is 0 Å². The average Bonchev–Trinajstić information content (AvgIpc) is 2.39. The van der Waals surface area contributed by atoms with Gasteiger partial charge in [0, 0.05) is 18.1 Å². The van der Waals surface area contributed by atoms with E-state index in [1.165, 1.54) is 31.4 Å². The quantitative estimate of drug-likeness (QED) is 0.841. The van der Waals surface area contributed by atoms with Crippen LogP contribution < -0.4 is 5.32 Å². The highest BCUT2D eigenvalue weighted by molar-refractivity contribution is 6.29. The highest BCUT2D eigenvalue weighted by atomic mass is 35.5. The van der Waals surface area contributed by atoms with Crippen molar-refractivity contribution in [3.05, 3.63) is 22.8 Å². The van der Waals surface area contributed by atoms with Gasteiger partial charge in [0.2, 0.25) is 0 Å². The van der Waals surface area contributed by atoms with Gasteiger partial charge in [-0.15, -0.1) is 0 Å². The van der Waals surface area contributed by atoms with E-state index >= 15 is 0 Å². The maximum absolute atomic E-state index is 11.3. The second-order valence-electron chi connectivity index (χ2n) is 6.05. The molecule has 0 spiro atoms. The van der Waals surface area contributed by atoms with Crippen molar-refractivity contribution in [2.24, 2.45) is 0 Å². The second kappa shape index (κ2) is 5.81. The monoisotopic (exact) mass is 309 g/mol. The molecule has 3 rings (SSSR count). The zero-order chi connectivity index (χ0) is 15.0. The fourth-order valence-electron chi connectivity index (χ4n) is 3.64. The van der Waals surface area contributed by atoms with Gasteiger partial charge in [0.15, 0.2) is 0 Å². The molecule has 2 saturated heterocycles. The van der Waals surface area contributed by atoms with Crippen molar-refractivity contribution >= 4 is 23.4 Å². The molecule has 0 saturated carbocycles. The Hall–Kier alpha value is -1.33. The van der Waals surface area contributed by atoms with Gasteiger partial charge in [0.25, 0.3) is 0 Å². The third-order valence-corrected chi connectivity index (χ3v) is 4.98. The molecule has 2 N–H and O–H groups in total. The Morgan fingerprint density at radius 2 is 2.05 bits per heavy atom. The number of nitrogens with zero attached hydrogens (tertiary/aromatic N) is 2. The molecule has 3 heterocycles. The number of pyridine rings is 1. The minimum Gasteiger partial charge on any atom is -0.478 e. The molecule has 2 fully saturated rings. The fraction of sp³-hybridized carbons (Fsp3) is 0.600. The predicted molar refractivity (Wildman–Crippen MR) is 82.0 cm³/mol. The van der Waals surface area contributed by atoms with Crippen LogP contribution >= 0.6 is 11.6 Å². The predicted octanol–water partition coefficient (Wildman–Crippen LogP) is 2.86. The number of aromatic carboxylic acids is 1. The summed E-state index contributed by atoms with van der Waals surface area (Å²) in [6.07, 6.45) is 5.79. The van der Waals surface area contributed by atoms with E-state index in [1.54, 1.807) is 0 Å². The first kappa shape index (κ1) is 14.6. The normalized spacial score (nSPS) is 29.1. The molecule has 2 atom stereocenters. The van der Waals surface area contributed by atoms with Gasteiger partial charge in [0.05, 0.1) is 0 Å². The Labute approximate surface area is 129 Å². The number of halogens is 1. The SMILES string of the molecule is CN1C2CCCC1CC(Nc1nc(Cl)ccc1C(=O)O)C2. The number of carboxylic acid groups (broad SMARTS) is 1. The summed E-state index contributed by atoms with van der Waals surface area (Å²) in [5.74, 6) is -0.586. The van der Waals surface area contributed by atoms with Gasteiger partial charge < -0.3 is 15.3 Å². The minimum atomic E-state index is -0.977. The van der Waals surface area contributed by atoms with Gasteiger partial charge >= 0.3 is 5.97 Å². The molecule has 0 aromatic carbocycles. The minimum absolute atomic E-state index is 0.184. The largest absolute Gasteiger partial charge is 0.478 e. The molecular formula is C15H20ClN3O2. The lowest BCUT2D eigenvalue weighted by Crippen LogP contribution is -2.52. The molecule has 0 aliphatic carbocycles. The molecule has 2 unspecified atom stereocenters. The van der Waals surface area contributed by atoms with Crippen LogP contribution in [0.15, 0.2) is 12.1 Å². The lowest BCUT2D eigenvalue weighted by atomic mass is 9.82. The van der Waals surface area contributed by atoms with Crippen molar-refractivity contribution in [2.75, 3.05) is 12.4 Å². The summed E-state index contributed by atoms with van der Waals surface area (Å²) >= 11 is 5.91. The van der Waals surface area contributed by atoms with Crippen LogP contribution in [0.3, 0.4) is 0 Å². The molecule has 1 aromatic rings. The lowest BCUT2D eigenvalue weighted by molar-refractivity contribution is 0.0607. The zero-order valence-electron chi connectivity index (χ0n) is 12.1. The van der Waals surface area contributed by atoms with Crippen molar-refractivity contribution in [2.45, 2.75) is 50.2 Å². The van der Waals surface area contributed by atoms with Gasteiger partial charge in [-0.05, 0) is 44.9 Å². The van der Waals surface area contributed by atoms with Crippen LogP contribution in [-0.4, -0.2) is 46.1 Å². The first-order valence-electron chi connectivity index (χ1n) is 7.43. The van der Waals surface area contributed by atoms with E-state index in [9.17, 15) is 9.90 Å². The van der Waals surface area contributed by atoms with Crippen molar-refractivity contribution in [1.29, 1.82) is 0 Å². The summed E-state index contributed by atoms with van der Waals surface area (Å²) in [6, 6.07) is 4.46. The number of anilines is 1. The molecule has 21 heavy (non-hydrogen) atoms. The molecule has 0 radical (unpaired) electrons. The fourth-order valence-corrected chi connectivity index (χ4v) is 3.79. The Kier molecular flexibility index (Phi) is 4.04. The van der Waals surface area contributed by atoms with Crippen LogP contribution in [0.5, 0.6) is 0 Å². The molecule has 2 bridgehead atoms. The van der Waals surface area contributed by atoms with Crippen molar-refractivity contribution in [3.8, 4) is 0 Å². The van der Waals surface area contributed by atoms with Crippen LogP contribution in [-0.2, 0) is 0 Å². The maximum atomic E-state index is 11.3. The summed E-state index contributed by atoms with van der Waals surface area (Å²) in [5, 5.41) is 12.9. The topological polar surface area (TPSA) is 65.5 Å². The van der Waals surface area contributed by atoms with Crippen molar-refractivity contribution < 1.29 is 9.90 Å². The zero-order valence-corrected chi connectivity index (χ0v) is 12.8. The first-order chi connectivity index (χ1) is 10.0. The molecule has 2 aliphatic rings. The first-order valence-corrected chi connectivity index (χ1v) is 7.80. The molecule has 2 aliphatic heterocycles. The van der Waals surface area contributed by atoms with E-state index in [0.29, 0.717) is 23.1 Å². The average molecular weight is 310 g/mol. The van der Waals surface area contributed by atoms with Crippen LogP contribution in [0.25, 0.3) is 0 Å². The molecule has 5 nitrogen and oxygen atoms in total. The summed E-state index contributed by atoms with van der Waals surface area (Å²) in [6.45, 7) is 0. The van der Waals surface area contributed by atoms with Crippen LogP contribution in [0, 0.1) is 0 Å². The number of hydrogen-bond donors (Lipinski definition) is 2. The van der Waals surface area contributed by atoms with Crippen molar-refractivity contribution in [1.82, 2.24) is 9.88 Å². The third-order valence-electron chi connectivity index (χ3n) is 4.77. The number of rotatable bonds is 3. The Bertz CT molecular complexity index is 538. The van der Waals surface area contributed by atoms with Crippen molar-refractivity contribution in [3.63, 3.8) is 0 Å². The van der Waals surface area contributed by atoms with Crippen LogP contribution in [0.2, 0.25) is 5.15 Å². The van der Waals surface area contributed by atoms with Gasteiger partial charge in [0.1, 0.15) is 16.5 Å². The van der Waals surface area contributed by atoms with E-state index in [1.807, 2.05) is 0 Å². The lowest BCUT2D eigenvalue weighted by Gasteiger charge is -2.47. The van der Waals surface area contributed by atoms with E-state index in [2.05, 4.69) is 22.2 Å². The summed E-state index contributed by atoms with van der Waals surface area (Å²) < 4.78 is 0. The summed E-state index contributed by atoms with van der Waals surface area (Å²) in [7, 11) is 2.20. The van der Waals surface area contributed by atoms with Gasteiger partial charge in [-0.1, -0.05) is 18.0 Å². The standard InChI is InChI=1S/C15H20ClN3O2/c1-19-10-3-2-4-11(19)8-9(7-10)17-14-12(15(20)21)5-6-13(16)18-14/h5-6,9-11H,2-4,7-8H2,1H3,(H,17,18)(H,20,21). The number of carboxylic acids is 1. The third kappa shape index (κ3) is 2.99. The summed E-state index contributed by atoms with van der Waals surface area (Å²) in [4.78, 5) is 17.9. The molecule has 1 aromatic heterocycles. The number of aromatic nitrogens is 1. The number of nitrogens with one attached hydrogen (secondary N) is 1. The number of piperidine rings is 2. The van der Waals surface area contributed by atoms with Crippen LogP contribution in [0.1, 0.15) is 42.5 Å².